The van der Waals surface area contributed by atoms with Gasteiger partial charge < -0.3 is 10.1 Å². The summed E-state index contributed by atoms with van der Waals surface area (Å²) in [5, 5.41) is 4.38. The fourth-order valence-corrected chi connectivity index (χ4v) is 2.05. The zero-order valence-corrected chi connectivity index (χ0v) is 10.8. The molecule has 0 atom stereocenters. The highest BCUT2D eigenvalue weighted by molar-refractivity contribution is 7.11. The lowest BCUT2D eigenvalue weighted by atomic mass is 10.4. The second-order valence-electron chi connectivity index (χ2n) is 3.91. The van der Waals surface area contributed by atoms with Crippen molar-refractivity contribution in [3.8, 4) is 0 Å². The first kappa shape index (κ1) is 12.6. The second kappa shape index (κ2) is 6.20. The van der Waals surface area contributed by atoms with Crippen molar-refractivity contribution in [1.82, 2.24) is 10.3 Å². The third kappa shape index (κ3) is 4.73. The van der Waals surface area contributed by atoms with Crippen LogP contribution in [0.15, 0.2) is 0 Å². The summed E-state index contributed by atoms with van der Waals surface area (Å²) in [4.78, 5) is 5.70. The summed E-state index contributed by atoms with van der Waals surface area (Å²) in [6.45, 7) is 10.7. The number of thiazole rings is 1. The van der Waals surface area contributed by atoms with Gasteiger partial charge in [-0.2, -0.15) is 0 Å². The van der Waals surface area contributed by atoms with Gasteiger partial charge in [-0.3, -0.25) is 0 Å². The molecule has 0 bridgehead atoms. The fourth-order valence-electron chi connectivity index (χ4n) is 1.18. The lowest BCUT2D eigenvalue weighted by molar-refractivity contribution is 0.121. The number of rotatable bonds is 6. The van der Waals surface area contributed by atoms with Gasteiger partial charge in [0.1, 0.15) is 5.01 Å². The van der Waals surface area contributed by atoms with Crippen molar-refractivity contribution in [2.24, 2.45) is 0 Å². The van der Waals surface area contributed by atoms with Crippen LogP contribution < -0.4 is 5.32 Å². The van der Waals surface area contributed by atoms with Crippen LogP contribution in [0.4, 0.5) is 0 Å². The Kier molecular flexibility index (Phi) is 5.22. The first-order valence-electron chi connectivity index (χ1n) is 5.33. The highest BCUT2D eigenvalue weighted by Gasteiger charge is 2.02. The molecule has 1 heterocycles. The minimum absolute atomic E-state index is 0.526. The van der Waals surface area contributed by atoms with E-state index in [0.29, 0.717) is 12.6 Å². The van der Waals surface area contributed by atoms with E-state index in [9.17, 15) is 0 Å². The maximum absolute atomic E-state index is 5.52. The van der Waals surface area contributed by atoms with Gasteiger partial charge in [0.25, 0.3) is 0 Å². The molecular formula is C11H20N2OS. The first-order chi connectivity index (χ1) is 7.09. The Morgan fingerprint density at radius 2 is 2.13 bits per heavy atom. The average molecular weight is 228 g/mol. The molecule has 4 heteroatoms. The maximum Gasteiger partial charge on any atom is 0.119 e. The van der Waals surface area contributed by atoms with Crippen LogP contribution >= 0.6 is 11.3 Å². The molecule has 3 nitrogen and oxygen atoms in total. The van der Waals surface area contributed by atoms with E-state index in [-0.39, 0.29) is 0 Å². The normalized spacial score (nSPS) is 11.3. The zero-order valence-electron chi connectivity index (χ0n) is 9.96. The molecule has 0 aromatic carbocycles. The second-order valence-corrected chi connectivity index (χ2v) is 5.20. The van der Waals surface area contributed by atoms with Crippen LogP contribution in [0.25, 0.3) is 0 Å². The third-order valence-corrected chi connectivity index (χ3v) is 3.14. The van der Waals surface area contributed by atoms with Gasteiger partial charge in [-0.25, -0.2) is 4.98 Å². The molecule has 0 unspecified atom stereocenters. The van der Waals surface area contributed by atoms with E-state index in [1.54, 1.807) is 11.3 Å². The minimum atomic E-state index is 0.526. The van der Waals surface area contributed by atoms with Gasteiger partial charge in [0, 0.05) is 17.5 Å². The number of nitrogens with zero attached hydrogens (tertiary/aromatic N) is 1. The molecule has 86 valence electrons. The number of ether oxygens (including phenoxy) is 1. The molecular weight excluding hydrogens is 208 g/mol. The van der Waals surface area contributed by atoms with E-state index in [1.165, 1.54) is 4.88 Å². The van der Waals surface area contributed by atoms with E-state index in [4.69, 9.17) is 4.74 Å². The van der Waals surface area contributed by atoms with Crippen LogP contribution in [0.3, 0.4) is 0 Å². The summed E-state index contributed by atoms with van der Waals surface area (Å²) in [5.74, 6) is 0. The Morgan fingerprint density at radius 3 is 2.67 bits per heavy atom. The molecule has 1 aromatic rings. The van der Waals surface area contributed by atoms with Crippen LogP contribution in [-0.4, -0.2) is 24.2 Å². The summed E-state index contributed by atoms with van der Waals surface area (Å²) in [6, 6.07) is 0.526. The monoisotopic (exact) mass is 228 g/mol. The topological polar surface area (TPSA) is 34.1 Å². The van der Waals surface area contributed by atoms with Crippen LogP contribution in [0, 0.1) is 13.8 Å². The van der Waals surface area contributed by atoms with Crippen molar-refractivity contribution >= 4 is 11.3 Å². The van der Waals surface area contributed by atoms with Gasteiger partial charge in [-0.05, 0) is 13.8 Å². The Balaban J connectivity index is 2.15. The van der Waals surface area contributed by atoms with Crippen molar-refractivity contribution in [3.05, 3.63) is 15.6 Å². The predicted octanol–water partition coefficient (Wildman–Crippen LogP) is 2.27. The Bertz CT molecular complexity index is 277. The van der Waals surface area contributed by atoms with E-state index in [0.717, 1.165) is 23.9 Å². The molecule has 0 spiro atoms. The van der Waals surface area contributed by atoms with Gasteiger partial charge in [0.15, 0.2) is 0 Å². The highest BCUT2D eigenvalue weighted by atomic mass is 32.1. The quantitative estimate of drug-likeness (QED) is 0.758. The highest BCUT2D eigenvalue weighted by Crippen LogP contribution is 2.16. The number of nitrogens with one attached hydrogen (secondary N) is 1. The van der Waals surface area contributed by atoms with E-state index in [2.05, 4.69) is 31.1 Å². The Morgan fingerprint density at radius 1 is 1.40 bits per heavy atom. The first-order valence-corrected chi connectivity index (χ1v) is 6.15. The van der Waals surface area contributed by atoms with Crippen LogP contribution in [-0.2, 0) is 11.3 Å². The molecule has 1 aromatic heterocycles. The van der Waals surface area contributed by atoms with Crippen molar-refractivity contribution in [2.75, 3.05) is 13.2 Å². The van der Waals surface area contributed by atoms with Crippen molar-refractivity contribution < 1.29 is 4.74 Å². The fraction of sp³-hybridized carbons (Fsp3) is 0.727. The van der Waals surface area contributed by atoms with Gasteiger partial charge >= 0.3 is 0 Å². The molecule has 0 amide bonds. The molecule has 0 aliphatic rings. The smallest absolute Gasteiger partial charge is 0.119 e. The molecule has 0 aliphatic carbocycles. The van der Waals surface area contributed by atoms with E-state index in [1.807, 2.05) is 6.92 Å². The minimum Gasteiger partial charge on any atom is -0.373 e. The molecule has 0 saturated heterocycles. The Labute approximate surface area is 95.9 Å². The summed E-state index contributed by atoms with van der Waals surface area (Å²) in [6.07, 6.45) is 0. The van der Waals surface area contributed by atoms with Crippen LogP contribution in [0.2, 0.25) is 0 Å². The molecule has 0 fully saturated rings. The van der Waals surface area contributed by atoms with E-state index < -0.39 is 0 Å². The molecule has 1 N–H and O–H groups in total. The summed E-state index contributed by atoms with van der Waals surface area (Å²) in [7, 11) is 0. The molecule has 0 saturated carbocycles. The SMILES string of the molecule is Cc1nc(COCCNC(C)C)sc1C. The molecule has 0 aliphatic heterocycles. The van der Waals surface area contributed by atoms with Gasteiger partial charge in [-0.1, -0.05) is 13.8 Å². The van der Waals surface area contributed by atoms with Gasteiger partial charge in [0.05, 0.1) is 18.9 Å². The number of aromatic nitrogens is 1. The molecule has 15 heavy (non-hydrogen) atoms. The van der Waals surface area contributed by atoms with Crippen molar-refractivity contribution in [3.63, 3.8) is 0 Å². The predicted molar refractivity (Wildman–Crippen MR) is 64.4 cm³/mol. The molecule has 1 rings (SSSR count). The van der Waals surface area contributed by atoms with Gasteiger partial charge in [-0.15, -0.1) is 11.3 Å². The Hall–Kier alpha value is -0.450. The average Bonchev–Trinajstić information content (AvgIpc) is 2.45. The molecule has 0 radical (unpaired) electrons. The summed E-state index contributed by atoms with van der Waals surface area (Å²) in [5.41, 5.74) is 1.12. The van der Waals surface area contributed by atoms with E-state index >= 15 is 0 Å². The number of hydrogen-bond acceptors (Lipinski definition) is 4. The zero-order chi connectivity index (χ0) is 11.3. The maximum atomic E-state index is 5.52. The number of aryl methyl sites for hydroxylation is 2. The summed E-state index contributed by atoms with van der Waals surface area (Å²) >= 11 is 1.72. The lowest BCUT2D eigenvalue weighted by Crippen LogP contribution is -2.26. The van der Waals surface area contributed by atoms with Crippen LogP contribution in [0.1, 0.15) is 29.4 Å². The third-order valence-electron chi connectivity index (χ3n) is 2.10. The number of hydrogen-bond donors (Lipinski definition) is 1. The van der Waals surface area contributed by atoms with Crippen molar-refractivity contribution in [2.45, 2.75) is 40.3 Å². The largest absolute Gasteiger partial charge is 0.373 e. The lowest BCUT2D eigenvalue weighted by Gasteiger charge is -2.07. The standard InChI is InChI=1S/C11H20N2OS/c1-8(2)12-5-6-14-7-11-13-9(3)10(4)15-11/h8,12H,5-7H2,1-4H3. The van der Waals surface area contributed by atoms with Crippen molar-refractivity contribution in [1.29, 1.82) is 0 Å². The van der Waals surface area contributed by atoms with Gasteiger partial charge in [0.2, 0.25) is 0 Å². The van der Waals surface area contributed by atoms with Crippen LogP contribution in [0.5, 0.6) is 0 Å². The summed E-state index contributed by atoms with van der Waals surface area (Å²) < 4.78 is 5.52.